The van der Waals surface area contributed by atoms with E-state index in [2.05, 4.69) is 0 Å². The van der Waals surface area contributed by atoms with Crippen LogP contribution in [0.1, 0.15) is 18.0 Å². The van der Waals surface area contributed by atoms with Gasteiger partial charge < -0.3 is 9.84 Å². The molecule has 0 amide bonds. The Morgan fingerprint density at radius 1 is 1.43 bits per heavy atom. The summed E-state index contributed by atoms with van der Waals surface area (Å²) in [6.45, 7) is 0.711. The fraction of sp³-hybridized carbons (Fsp3) is 0.500. The number of rotatable bonds is 6. The fourth-order valence-electron chi connectivity index (χ4n) is 2.68. The van der Waals surface area contributed by atoms with E-state index in [-0.39, 0.29) is 18.3 Å². The lowest BCUT2D eigenvalue weighted by Crippen LogP contribution is -2.39. The number of carbonyl (C=O) groups is 1. The predicted molar refractivity (Wildman–Crippen MR) is 76.9 cm³/mol. The van der Waals surface area contributed by atoms with Crippen molar-refractivity contribution in [2.24, 2.45) is 0 Å². The zero-order valence-electron chi connectivity index (χ0n) is 11.9. The van der Waals surface area contributed by atoms with E-state index in [0.717, 1.165) is 0 Å². The van der Waals surface area contributed by atoms with Crippen molar-refractivity contribution in [3.63, 3.8) is 0 Å². The highest BCUT2D eigenvalue weighted by atomic mass is 32.2. The molecule has 0 bridgehead atoms. The van der Waals surface area contributed by atoms with Crippen molar-refractivity contribution < 1.29 is 23.1 Å². The Morgan fingerprint density at radius 2 is 2.14 bits per heavy atom. The van der Waals surface area contributed by atoms with Gasteiger partial charge >= 0.3 is 5.97 Å². The minimum absolute atomic E-state index is 0.0395. The molecule has 1 aliphatic rings. The normalized spacial score (nSPS) is 20.2. The number of nitrogens with zero attached hydrogens (tertiary/aromatic N) is 1. The molecule has 0 aliphatic carbocycles. The summed E-state index contributed by atoms with van der Waals surface area (Å²) >= 11 is 0. The van der Waals surface area contributed by atoms with Gasteiger partial charge in [-0.3, -0.25) is 9.69 Å². The topological polar surface area (TPSA) is 83.9 Å². The average Bonchev–Trinajstić information content (AvgIpc) is 2.44. The van der Waals surface area contributed by atoms with Crippen LogP contribution in [-0.4, -0.2) is 57.0 Å². The first kappa shape index (κ1) is 15.9. The van der Waals surface area contributed by atoms with E-state index in [0.29, 0.717) is 30.0 Å². The summed E-state index contributed by atoms with van der Waals surface area (Å²) < 4.78 is 29.3. The molecule has 1 aliphatic heterocycles. The van der Waals surface area contributed by atoms with E-state index in [1.54, 1.807) is 36.3 Å². The molecule has 21 heavy (non-hydrogen) atoms. The van der Waals surface area contributed by atoms with Gasteiger partial charge in [0.25, 0.3) is 0 Å². The van der Waals surface area contributed by atoms with Gasteiger partial charge in [0, 0.05) is 19.7 Å². The molecule has 0 saturated heterocycles. The number of methoxy groups -OCH3 is 1. The summed E-state index contributed by atoms with van der Waals surface area (Å²) in [6, 6.07) is 6.61. The van der Waals surface area contributed by atoms with Crippen molar-refractivity contribution in [1.82, 2.24) is 4.90 Å². The van der Waals surface area contributed by atoms with E-state index in [1.165, 1.54) is 0 Å². The molecule has 116 valence electrons. The molecule has 6 nitrogen and oxygen atoms in total. The second-order valence-corrected chi connectivity index (χ2v) is 7.10. The van der Waals surface area contributed by atoms with Crippen molar-refractivity contribution in [1.29, 1.82) is 0 Å². The summed E-state index contributed by atoms with van der Waals surface area (Å²) in [6.07, 6.45) is 0.399. The zero-order chi connectivity index (χ0) is 15.5. The molecular formula is C14H19NO5S. The van der Waals surface area contributed by atoms with E-state index < -0.39 is 15.8 Å². The van der Waals surface area contributed by atoms with Crippen LogP contribution >= 0.6 is 0 Å². The Hall–Kier alpha value is -1.44. The number of aliphatic carboxylic acids is 1. The number of ether oxygens (including phenoxy) is 1. The van der Waals surface area contributed by atoms with Crippen molar-refractivity contribution in [3.8, 4) is 0 Å². The van der Waals surface area contributed by atoms with Gasteiger partial charge in [-0.25, -0.2) is 8.42 Å². The van der Waals surface area contributed by atoms with Crippen LogP contribution in [-0.2, 0) is 19.4 Å². The van der Waals surface area contributed by atoms with Gasteiger partial charge in [0.1, 0.15) is 0 Å². The summed E-state index contributed by atoms with van der Waals surface area (Å²) in [5.41, 5.74) is 0.682. The molecular weight excluding hydrogens is 294 g/mol. The fourth-order valence-corrected chi connectivity index (χ4v) is 4.28. The lowest BCUT2D eigenvalue weighted by atomic mass is 10.0. The number of fused-ring (bicyclic) bond motifs is 1. The Labute approximate surface area is 124 Å². The standard InChI is InChI=1S/C14H19NO5S/c1-20-8-7-15(10-14(16)17)12-6-9-21(18,19)13-5-3-2-4-11(12)13/h2-5,12H,6-10H2,1H3,(H,16,17). The number of hydrogen-bond donors (Lipinski definition) is 1. The average molecular weight is 313 g/mol. The van der Waals surface area contributed by atoms with Crippen molar-refractivity contribution in [2.45, 2.75) is 17.4 Å². The van der Waals surface area contributed by atoms with Crippen LogP contribution in [0.25, 0.3) is 0 Å². The molecule has 1 aromatic carbocycles. The van der Waals surface area contributed by atoms with E-state index in [4.69, 9.17) is 9.84 Å². The van der Waals surface area contributed by atoms with Gasteiger partial charge in [-0.1, -0.05) is 18.2 Å². The highest BCUT2D eigenvalue weighted by Crippen LogP contribution is 2.35. The maximum Gasteiger partial charge on any atom is 0.317 e. The van der Waals surface area contributed by atoms with Crippen molar-refractivity contribution in [2.75, 3.05) is 32.6 Å². The van der Waals surface area contributed by atoms with Crippen molar-refractivity contribution in [3.05, 3.63) is 29.8 Å². The molecule has 1 aromatic rings. The van der Waals surface area contributed by atoms with E-state index >= 15 is 0 Å². The summed E-state index contributed by atoms with van der Waals surface area (Å²) in [7, 11) is -1.71. The smallest absolute Gasteiger partial charge is 0.317 e. The van der Waals surface area contributed by atoms with E-state index in [1.807, 2.05) is 0 Å². The summed E-state index contributed by atoms with van der Waals surface area (Å²) in [5.74, 6) is -0.894. The molecule has 1 unspecified atom stereocenters. The van der Waals surface area contributed by atoms with E-state index in [9.17, 15) is 13.2 Å². The quantitative estimate of drug-likeness (QED) is 0.841. The first-order valence-electron chi connectivity index (χ1n) is 6.72. The Morgan fingerprint density at radius 3 is 2.81 bits per heavy atom. The minimum atomic E-state index is -3.26. The van der Waals surface area contributed by atoms with Gasteiger partial charge in [-0.05, 0) is 18.1 Å². The Bertz CT molecular complexity index is 614. The van der Waals surface area contributed by atoms with Gasteiger partial charge in [0.2, 0.25) is 0 Å². The first-order valence-corrected chi connectivity index (χ1v) is 8.37. The van der Waals surface area contributed by atoms with Gasteiger partial charge in [-0.2, -0.15) is 0 Å². The minimum Gasteiger partial charge on any atom is -0.480 e. The number of carboxylic acids is 1. The second-order valence-electron chi connectivity index (χ2n) is 5.02. The number of hydrogen-bond acceptors (Lipinski definition) is 5. The lowest BCUT2D eigenvalue weighted by Gasteiger charge is -2.34. The van der Waals surface area contributed by atoms with Gasteiger partial charge in [-0.15, -0.1) is 0 Å². The van der Waals surface area contributed by atoms with Crippen LogP contribution < -0.4 is 0 Å². The molecule has 1 atom stereocenters. The molecule has 1 N–H and O–H groups in total. The van der Waals surface area contributed by atoms with Crippen LogP contribution in [0.4, 0.5) is 0 Å². The molecule has 0 spiro atoms. The second kappa shape index (κ2) is 6.55. The molecule has 1 heterocycles. The Balaban J connectivity index is 2.35. The number of benzene rings is 1. The van der Waals surface area contributed by atoms with Crippen LogP contribution in [0, 0.1) is 0 Å². The monoisotopic (exact) mass is 313 g/mol. The maximum atomic E-state index is 12.1. The largest absolute Gasteiger partial charge is 0.480 e. The number of carboxylic acid groups (broad SMARTS) is 1. The third-order valence-electron chi connectivity index (χ3n) is 3.63. The summed E-state index contributed by atoms with van der Waals surface area (Å²) in [5, 5.41) is 9.06. The predicted octanol–water partition coefficient (Wildman–Crippen LogP) is 0.938. The summed E-state index contributed by atoms with van der Waals surface area (Å²) in [4.78, 5) is 13.1. The van der Waals surface area contributed by atoms with Crippen LogP contribution in [0.3, 0.4) is 0 Å². The lowest BCUT2D eigenvalue weighted by molar-refractivity contribution is -0.139. The molecule has 0 aromatic heterocycles. The third-order valence-corrected chi connectivity index (χ3v) is 5.45. The zero-order valence-corrected chi connectivity index (χ0v) is 12.7. The van der Waals surface area contributed by atoms with Gasteiger partial charge in [0.15, 0.2) is 9.84 Å². The molecule has 0 radical (unpaired) electrons. The molecule has 2 rings (SSSR count). The van der Waals surface area contributed by atoms with Gasteiger partial charge in [0.05, 0.1) is 23.8 Å². The first-order chi connectivity index (χ1) is 9.95. The van der Waals surface area contributed by atoms with Crippen LogP contribution in [0.2, 0.25) is 0 Å². The molecule has 0 fully saturated rings. The highest BCUT2D eigenvalue weighted by Gasteiger charge is 2.33. The SMILES string of the molecule is COCCN(CC(=O)O)C1CCS(=O)(=O)c2ccccc21. The molecule has 7 heteroatoms. The molecule has 0 saturated carbocycles. The van der Waals surface area contributed by atoms with Crippen LogP contribution in [0.5, 0.6) is 0 Å². The van der Waals surface area contributed by atoms with Crippen molar-refractivity contribution >= 4 is 15.8 Å². The third kappa shape index (κ3) is 3.61. The van der Waals surface area contributed by atoms with Crippen LogP contribution in [0.15, 0.2) is 29.2 Å². The maximum absolute atomic E-state index is 12.1. The number of sulfone groups is 1. The Kier molecular flexibility index (Phi) is 4.97. The highest BCUT2D eigenvalue weighted by molar-refractivity contribution is 7.91.